The van der Waals surface area contributed by atoms with Gasteiger partial charge in [-0.25, -0.2) is 0 Å². The van der Waals surface area contributed by atoms with E-state index in [0.717, 1.165) is 38.0 Å². The van der Waals surface area contributed by atoms with Gasteiger partial charge in [0.05, 0.1) is 17.2 Å². The van der Waals surface area contributed by atoms with Gasteiger partial charge in [0, 0.05) is 23.9 Å². The maximum absolute atomic E-state index is 13.3. The van der Waals surface area contributed by atoms with Crippen LogP contribution in [0, 0.1) is 10.1 Å². The van der Waals surface area contributed by atoms with Gasteiger partial charge in [-0.15, -0.1) is 0 Å². The number of hydrogen-bond acceptors (Lipinski definition) is 6. The number of aromatic nitrogens is 1. The fraction of sp³-hybridized carbons (Fsp3) is 0.368. The van der Waals surface area contributed by atoms with Crippen molar-refractivity contribution in [3.8, 4) is 0 Å². The first-order valence-electron chi connectivity index (χ1n) is 9.02. The molecule has 2 aromatic rings. The molecule has 142 valence electrons. The van der Waals surface area contributed by atoms with Crippen molar-refractivity contribution in [1.82, 2.24) is 15.2 Å². The monoisotopic (exact) mass is 369 g/mol. The fourth-order valence-electron chi connectivity index (χ4n) is 3.35. The maximum atomic E-state index is 13.3. The topological polar surface area (TPSA) is 114 Å². The summed E-state index contributed by atoms with van der Waals surface area (Å²) in [7, 11) is 0. The summed E-state index contributed by atoms with van der Waals surface area (Å²) in [5.41, 5.74) is 6.52. The molecule has 0 aliphatic carbocycles. The predicted octanol–water partition coefficient (Wildman–Crippen LogP) is 2.36. The van der Waals surface area contributed by atoms with Crippen LogP contribution in [0.1, 0.15) is 35.3 Å². The van der Waals surface area contributed by atoms with Gasteiger partial charge >= 0.3 is 0 Å². The number of nitrogens with two attached hydrogens (primary N) is 1. The highest BCUT2D eigenvalue weighted by Gasteiger charge is 2.27. The van der Waals surface area contributed by atoms with E-state index in [-0.39, 0.29) is 28.9 Å². The minimum Gasteiger partial charge on any atom is -0.393 e. The van der Waals surface area contributed by atoms with Gasteiger partial charge in [-0.05, 0) is 56.6 Å². The second-order valence-electron chi connectivity index (χ2n) is 6.62. The molecule has 1 amide bonds. The second kappa shape index (κ2) is 8.59. The zero-order chi connectivity index (χ0) is 19.2. The van der Waals surface area contributed by atoms with Gasteiger partial charge in [0.15, 0.2) is 0 Å². The maximum Gasteiger partial charge on any atom is 0.292 e. The minimum atomic E-state index is -0.565. The Morgan fingerprint density at radius 3 is 2.89 bits per heavy atom. The van der Waals surface area contributed by atoms with Crippen LogP contribution >= 0.6 is 0 Å². The lowest BCUT2D eigenvalue weighted by Gasteiger charge is -2.31. The third-order valence-corrected chi connectivity index (χ3v) is 4.78. The lowest BCUT2D eigenvalue weighted by atomic mass is 10.0. The number of nitrogens with one attached hydrogen (secondary N) is 1. The van der Waals surface area contributed by atoms with Crippen molar-refractivity contribution in [2.45, 2.75) is 31.8 Å². The molecule has 1 saturated heterocycles. The summed E-state index contributed by atoms with van der Waals surface area (Å²) in [6.45, 7) is 2.12. The van der Waals surface area contributed by atoms with Gasteiger partial charge in [-0.2, -0.15) is 0 Å². The number of nitrogens with zero attached hydrogens (tertiary/aromatic N) is 3. The van der Waals surface area contributed by atoms with Crippen LogP contribution in [0.3, 0.4) is 0 Å². The molecule has 8 heteroatoms. The molecule has 0 spiro atoms. The summed E-state index contributed by atoms with van der Waals surface area (Å²) in [5.74, 6) is -0.240. The lowest BCUT2D eigenvalue weighted by Crippen LogP contribution is -2.40. The first-order chi connectivity index (χ1) is 13.1. The van der Waals surface area contributed by atoms with E-state index in [1.165, 1.54) is 12.1 Å². The van der Waals surface area contributed by atoms with Crippen LogP contribution in [-0.2, 0) is 6.54 Å². The zero-order valence-electron chi connectivity index (χ0n) is 15.0. The average Bonchev–Trinajstić information content (AvgIpc) is 2.96. The highest BCUT2D eigenvalue weighted by atomic mass is 16.6. The summed E-state index contributed by atoms with van der Waals surface area (Å²) in [5, 5.41) is 14.5. The Kier molecular flexibility index (Phi) is 5.97. The first kappa shape index (κ1) is 18.8. The molecule has 0 radical (unpaired) electrons. The van der Waals surface area contributed by atoms with Crippen molar-refractivity contribution >= 4 is 17.3 Å². The molecule has 27 heavy (non-hydrogen) atoms. The molecule has 1 atom stereocenters. The molecule has 2 heterocycles. The van der Waals surface area contributed by atoms with Gasteiger partial charge in [-0.3, -0.25) is 19.9 Å². The molecular formula is C19H23N5O3. The fourth-order valence-corrected chi connectivity index (χ4v) is 3.35. The number of pyridine rings is 1. The number of carbonyl (C=O) groups excluding carboxylic acids is 1. The van der Waals surface area contributed by atoms with Gasteiger partial charge < -0.3 is 16.0 Å². The number of anilines is 1. The van der Waals surface area contributed by atoms with E-state index in [9.17, 15) is 14.9 Å². The molecule has 1 fully saturated rings. The Hall–Kier alpha value is -3.00. The van der Waals surface area contributed by atoms with E-state index in [0.29, 0.717) is 6.54 Å². The SMILES string of the molecule is Nc1ccc(C(=O)N(Cc2ccccn2)C2CCCNCC2)cc1[N+](=O)[O-]. The number of hydrogen-bond donors (Lipinski definition) is 2. The Bertz CT molecular complexity index is 804. The quantitative estimate of drug-likeness (QED) is 0.475. The summed E-state index contributed by atoms with van der Waals surface area (Å²) in [4.78, 5) is 30.0. The summed E-state index contributed by atoms with van der Waals surface area (Å²) < 4.78 is 0. The lowest BCUT2D eigenvalue weighted by molar-refractivity contribution is -0.383. The third-order valence-electron chi connectivity index (χ3n) is 4.78. The van der Waals surface area contributed by atoms with E-state index in [1.807, 2.05) is 18.2 Å². The van der Waals surface area contributed by atoms with Crippen molar-refractivity contribution in [2.24, 2.45) is 0 Å². The summed E-state index contributed by atoms with van der Waals surface area (Å²) >= 11 is 0. The number of nitro benzene ring substituents is 1. The van der Waals surface area contributed by atoms with Gasteiger partial charge in [-0.1, -0.05) is 6.07 Å². The Morgan fingerprint density at radius 2 is 2.15 bits per heavy atom. The highest BCUT2D eigenvalue weighted by Crippen LogP contribution is 2.25. The predicted molar refractivity (Wildman–Crippen MR) is 102 cm³/mol. The second-order valence-corrected chi connectivity index (χ2v) is 6.62. The Labute approximate surface area is 157 Å². The van der Waals surface area contributed by atoms with E-state index in [1.54, 1.807) is 17.2 Å². The molecule has 3 rings (SSSR count). The van der Waals surface area contributed by atoms with E-state index < -0.39 is 4.92 Å². The standard InChI is InChI=1S/C19H23N5O3/c20-17-7-6-14(12-18(17)24(26)27)19(25)23(13-15-4-1-2-10-22-15)16-5-3-9-21-11-8-16/h1-2,4,6-7,10,12,16,21H,3,5,8-9,11,13,20H2. The zero-order valence-corrected chi connectivity index (χ0v) is 15.0. The first-order valence-corrected chi connectivity index (χ1v) is 9.02. The molecule has 1 aromatic heterocycles. The number of nitro groups is 1. The van der Waals surface area contributed by atoms with Crippen LogP contribution < -0.4 is 11.1 Å². The number of carbonyl (C=O) groups is 1. The molecule has 1 aromatic carbocycles. The van der Waals surface area contributed by atoms with Crippen LogP contribution in [0.4, 0.5) is 11.4 Å². The normalized spacial score (nSPS) is 17.1. The van der Waals surface area contributed by atoms with Crippen molar-refractivity contribution in [2.75, 3.05) is 18.8 Å². The van der Waals surface area contributed by atoms with Crippen molar-refractivity contribution in [3.63, 3.8) is 0 Å². The molecule has 1 aliphatic rings. The number of benzene rings is 1. The smallest absolute Gasteiger partial charge is 0.292 e. The molecular weight excluding hydrogens is 346 g/mol. The van der Waals surface area contributed by atoms with Crippen LogP contribution in [0.25, 0.3) is 0 Å². The van der Waals surface area contributed by atoms with Crippen LogP contribution in [0.2, 0.25) is 0 Å². The van der Waals surface area contributed by atoms with E-state index in [4.69, 9.17) is 5.73 Å². The third kappa shape index (κ3) is 4.59. The molecule has 3 N–H and O–H groups in total. The molecule has 1 unspecified atom stereocenters. The van der Waals surface area contributed by atoms with Crippen LogP contribution in [0.5, 0.6) is 0 Å². The van der Waals surface area contributed by atoms with Gasteiger partial charge in [0.25, 0.3) is 11.6 Å². The summed E-state index contributed by atoms with van der Waals surface area (Å²) in [6.07, 6.45) is 4.37. The largest absolute Gasteiger partial charge is 0.393 e. The van der Waals surface area contributed by atoms with E-state index >= 15 is 0 Å². The number of amides is 1. The molecule has 0 bridgehead atoms. The van der Waals surface area contributed by atoms with Crippen LogP contribution in [-0.4, -0.2) is 39.8 Å². The number of rotatable bonds is 5. The highest BCUT2D eigenvalue weighted by molar-refractivity contribution is 5.95. The molecule has 0 saturated carbocycles. The minimum absolute atomic E-state index is 0.0473. The van der Waals surface area contributed by atoms with Crippen molar-refractivity contribution < 1.29 is 9.72 Å². The molecule has 1 aliphatic heterocycles. The van der Waals surface area contributed by atoms with Crippen molar-refractivity contribution in [1.29, 1.82) is 0 Å². The van der Waals surface area contributed by atoms with Gasteiger partial charge in [0.1, 0.15) is 5.69 Å². The Balaban J connectivity index is 1.92. The van der Waals surface area contributed by atoms with Crippen LogP contribution in [0.15, 0.2) is 42.6 Å². The number of nitrogen functional groups attached to an aromatic ring is 1. The van der Waals surface area contributed by atoms with Crippen molar-refractivity contribution in [3.05, 3.63) is 64.0 Å². The Morgan fingerprint density at radius 1 is 1.30 bits per heavy atom. The average molecular weight is 369 g/mol. The molecule has 8 nitrogen and oxygen atoms in total. The van der Waals surface area contributed by atoms with Gasteiger partial charge in [0.2, 0.25) is 0 Å². The van der Waals surface area contributed by atoms with E-state index in [2.05, 4.69) is 10.3 Å². The summed E-state index contributed by atoms with van der Waals surface area (Å²) in [6, 6.07) is 9.86.